The molecular weight excluding hydrogens is 274 g/mol. The minimum atomic E-state index is -0.212. The first-order chi connectivity index (χ1) is 10.1. The highest BCUT2D eigenvalue weighted by Crippen LogP contribution is 2.38. The Morgan fingerprint density at radius 1 is 1.52 bits per heavy atom. The Labute approximate surface area is 121 Å². The number of nitrogen functional groups attached to an aromatic ring is 1. The Balaban J connectivity index is 2.06. The van der Waals surface area contributed by atoms with Crippen LogP contribution in [0.25, 0.3) is 11.2 Å². The molecule has 8 nitrogen and oxygen atoms in total. The Kier molecular flexibility index (Phi) is 3.64. The molecule has 3 rings (SSSR count). The fraction of sp³-hybridized carbons (Fsp3) is 0.615. The Morgan fingerprint density at radius 3 is 3.05 bits per heavy atom. The van der Waals surface area contributed by atoms with Crippen LogP contribution in [0.1, 0.15) is 26.0 Å². The number of ether oxygens (including phenoxy) is 2. The number of hydrogen-bond donors (Lipinski definition) is 2. The normalized spacial score (nSPS) is 25.6. The fourth-order valence-corrected chi connectivity index (χ4v) is 2.90. The minimum absolute atomic E-state index is 0.129. The molecule has 2 aromatic rings. The average Bonchev–Trinajstić information content (AvgIpc) is 3.01. The van der Waals surface area contributed by atoms with Crippen molar-refractivity contribution in [2.24, 2.45) is 5.92 Å². The summed E-state index contributed by atoms with van der Waals surface area (Å²) in [5, 5.41) is 9.22. The van der Waals surface area contributed by atoms with Crippen LogP contribution >= 0.6 is 0 Å². The van der Waals surface area contributed by atoms with Crippen molar-refractivity contribution in [2.75, 3.05) is 19.5 Å². The van der Waals surface area contributed by atoms with Gasteiger partial charge in [0.2, 0.25) is 11.8 Å². The van der Waals surface area contributed by atoms with E-state index < -0.39 is 0 Å². The monoisotopic (exact) mass is 293 g/mol. The zero-order chi connectivity index (χ0) is 15.0. The van der Waals surface area contributed by atoms with E-state index in [-0.39, 0.29) is 30.8 Å². The maximum Gasteiger partial charge on any atom is 0.246 e. The molecule has 1 aliphatic rings. The second-order valence-electron chi connectivity index (χ2n) is 5.26. The molecule has 0 spiro atoms. The highest BCUT2D eigenvalue weighted by molar-refractivity contribution is 5.77. The van der Waals surface area contributed by atoms with Crippen molar-refractivity contribution in [3.8, 4) is 5.88 Å². The zero-order valence-electron chi connectivity index (χ0n) is 12.1. The third-order valence-corrected chi connectivity index (χ3v) is 3.78. The number of aromatic nitrogens is 4. The third-order valence-electron chi connectivity index (χ3n) is 3.78. The van der Waals surface area contributed by atoms with E-state index in [9.17, 15) is 5.11 Å². The number of hydrogen-bond acceptors (Lipinski definition) is 7. The molecule has 0 radical (unpaired) electrons. The maximum atomic E-state index is 9.22. The van der Waals surface area contributed by atoms with Gasteiger partial charge in [-0.1, -0.05) is 0 Å². The first-order valence-electron chi connectivity index (χ1n) is 6.94. The summed E-state index contributed by atoms with van der Waals surface area (Å²) in [6, 6.07) is 0. The molecule has 0 bridgehead atoms. The van der Waals surface area contributed by atoms with E-state index in [1.807, 2.05) is 11.5 Å². The summed E-state index contributed by atoms with van der Waals surface area (Å²) in [7, 11) is 1.52. The molecule has 2 aromatic heterocycles. The summed E-state index contributed by atoms with van der Waals surface area (Å²) in [6.07, 6.45) is 3.14. The summed E-state index contributed by atoms with van der Waals surface area (Å²) in [5.41, 5.74) is 6.86. The number of anilines is 1. The fourth-order valence-electron chi connectivity index (χ4n) is 2.90. The third kappa shape index (κ3) is 2.40. The first kappa shape index (κ1) is 14.0. The van der Waals surface area contributed by atoms with Crippen molar-refractivity contribution in [1.82, 2.24) is 19.5 Å². The molecule has 3 N–H and O–H groups in total. The molecule has 1 fully saturated rings. The molecule has 0 aliphatic carbocycles. The van der Waals surface area contributed by atoms with Gasteiger partial charge >= 0.3 is 0 Å². The molecule has 3 heterocycles. The van der Waals surface area contributed by atoms with E-state index in [0.717, 1.165) is 6.42 Å². The van der Waals surface area contributed by atoms with E-state index >= 15 is 0 Å². The van der Waals surface area contributed by atoms with Gasteiger partial charge in [-0.3, -0.25) is 4.57 Å². The summed E-state index contributed by atoms with van der Waals surface area (Å²) >= 11 is 0. The van der Waals surface area contributed by atoms with Crippen molar-refractivity contribution in [3.63, 3.8) is 0 Å². The number of imidazole rings is 1. The van der Waals surface area contributed by atoms with Gasteiger partial charge < -0.3 is 20.3 Å². The maximum absolute atomic E-state index is 9.22. The summed E-state index contributed by atoms with van der Waals surface area (Å²) in [5.74, 6) is 0.691. The van der Waals surface area contributed by atoms with Gasteiger partial charge in [0.05, 0.1) is 19.5 Å². The molecular formula is C13H19N5O3. The number of rotatable bonds is 4. The van der Waals surface area contributed by atoms with Gasteiger partial charge in [0.15, 0.2) is 11.2 Å². The molecule has 21 heavy (non-hydrogen) atoms. The van der Waals surface area contributed by atoms with Gasteiger partial charge in [0.25, 0.3) is 0 Å². The van der Waals surface area contributed by atoms with Crippen LogP contribution in [0.5, 0.6) is 5.88 Å². The van der Waals surface area contributed by atoms with E-state index in [1.54, 1.807) is 6.33 Å². The van der Waals surface area contributed by atoms with Crippen LogP contribution in [0.4, 0.5) is 5.95 Å². The first-order valence-corrected chi connectivity index (χ1v) is 6.94. The van der Waals surface area contributed by atoms with Crippen LogP contribution in [-0.2, 0) is 4.74 Å². The van der Waals surface area contributed by atoms with Crippen LogP contribution in [0.15, 0.2) is 6.33 Å². The molecule has 2 unspecified atom stereocenters. The predicted molar refractivity (Wildman–Crippen MR) is 75.7 cm³/mol. The van der Waals surface area contributed by atoms with Crippen LogP contribution < -0.4 is 10.5 Å². The molecule has 0 saturated carbocycles. The van der Waals surface area contributed by atoms with E-state index in [2.05, 4.69) is 15.0 Å². The van der Waals surface area contributed by atoms with Crippen LogP contribution in [0, 0.1) is 5.92 Å². The highest BCUT2D eigenvalue weighted by atomic mass is 16.5. The van der Waals surface area contributed by atoms with E-state index in [0.29, 0.717) is 23.5 Å². The Hall–Kier alpha value is -1.93. The lowest BCUT2D eigenvalue weighted by molar-refractivity contribution is -0.00611. The molecule has 1 aliphatic heterocycles. The van der Waals surface area contributed by atoms with Crippen molar-refractivity contribution >= 4 is 17.1 Å². The van der Waals surface area contributed by atoms with Crippen molar-refractivity contribution in [3.05, 3.63) is 6.33 Å². The predicted octanol–water partition coefficient (Wildman–Crippen LogP) is 0.723. The standard InChI is InChI=1S/C13H19N5O3/c1-7-5-8(3-4-19)12(21-7)18-6-15-9-10(18)16-13(14)17-11(9)20-2/h6-8,12,19H,3-5H2,1-2H3,(H2,14,16,17)/t7?,8-,12?/m0/s1. The molecule has 3 atom stereocenters. The molecule has 0 amide bonds. The second kappa shape index (κ2) is 5.45. The average molecular weight is 293 g/mol. The Morgan fingerprint density at radius 2 is 2.33 bits per heavy atom. The molecule has 1 saturated heterocycles. The van der Waals surface area contributed by atoms with Gasteiger partial charge in [-0.25, -0.2) is 4.98 Å². The van der Waals surface area contributed by atoms with Gasteiger partial charge in [-0.2, -0.15) is 9.97 Å². The van der Waals surface area contributed by atoms with E-state index in [1.165, 1.54) is 7.11 Å². The van der Waals surface area contributed by atoms with Gasteiger partial charge in [-0.15, -0.1) is 0 Å². The SMILES string of the molecule is COc1nc(N)nc2c1ncn2C1OC(C)C[C@@H]1CCO. The summed E-state index contributed by atoms with van der Waals surface area (Å²) in [4.78, 5) is 12.6. The topological polar surface area (TPSA) is 108 Å². The minimum Gasteiger partial charge on any atom is -0.479 e. The lowest BCUT2D eigenvalue weighted by atomic mass is 10.0. The summed E-state index contributed by atoms with van der Waals surface area (Å²) < 4.78 is 13.0. The van der Waals surface area contributed by atoms with Crippen molar-refractivity contribution < 1.29 is 14.6 Å². The van der Waals surface area contributed by atoms with Gasteiger partial charge in [0.1, 0.15) is 6.23 Å². The van der Waals surface area contributed by atoms with Gasteiger partial charge in [0, 0.05) is 12.5 Å². The lowest BCUT2D eigenvalue weighted by Gasteiger charge is -2.19. The number of methoxy groups -OCH3 is 1. The second-order valence-corrected chi connectivity index (χ2v) is 5.26. The number of nitrogens with zero attached hydrogens (tertiary/aromatic N) is 4. The molecule has 8 heteroatoms. The van der Waals surface area contributed by atoms with Crippen LogP contribution in [0.3, 0.4) is 0 Å². The van der Waals surface area contributed by atoms with Crippen LogP contribution in [0.2, 0.25) is 0 Å². The number of aliphatic hydroxyl groups excluding tert-OH is 1. The lowest BCUT2D eigenvalue weighted by Crippen LogP contribution is -2.16. The number of fused-ring (bicyclic) bond motifs is 1. The highest BCUT2D eigenvalue weighted by Gasteiger charge is 2.35. The number of nitrogens with two attached hydrogens (primary N) is 1. The van der Waals surface area contributed by atoms with E-state index in [4.69, 9.17) is 15.2 Å². The molecule has 0 aromatic carbocycles. The van der Waals surface area contributed by atoms with Crippen molar-refractivity contribution in [1.29, 1.82) is 0 Å². The number of aliphatic hydroxyl groups is 1. The molecule has 114 valence electrons. The van der Waals surface area contributed by atoms with Crippen molar-refractivity contribution in [2.45, 2.75) is 32.1 Å². The smallest absolute Gasteiger partial charge is 0.246 e. The summed E-state index contributed by atoms with van der Waals surface area (Å²) in [6.45, 7) is 2.15. The zero-order valence-corrected chi connectivity index (χ0v) is 12.1. The van der Waals surface area contributed by atoms with Gasteiger partial charge in [-0.05, 0) is 19.8 Å². The largest absolute Gasteiger partial charge is 0.479 e. The Bertz CT molecular complexity index is 644. The van der Waals surface area contributed by atoms with Crippen LogP contribution in [-0.4, -0.2) is 44.4 Å². The quantitative estimate of drug-likeness (QED) is 0.855.